The summed E-state index contributed by atoms with van der Waals surface area (Å²) in [6, 6.07) is 9.62. The number of carbonyl (C=O) groups is 2. The van der Waals surface area contributed by atoms with E-state index in [0.29, 0.717) is 26.9 Å². The van der Waals surface area contributed by atoms with Gasteiger partial charge in [0.2, 0.25) is 0 Å². The Kier molecular flexibility index (Phi) is 8.08. The normalized spacial score (nSPS) is 14.1. The molecule has 2 N–H and O–H groups in total. The van der Waals surface area contributed by atoms with Crippen LogP contribution < -0.4 is 10.2 Å². The van der Waals surface area contributed by atoms with Gasteiger partial charge >= 0.3 is 12.1 Å². The van der Waals surface area contributed by atoms with E-state index in [2.05, 4.69) is 15.5 Å². The van der Waals surface area contributed by atoms with E-state index in [4.69, 9.17) is 4.74 Å². The first kappa shape index (κ1) is 29.6. The van der Waals surface area contributed by atoms with Gasteiger partial charge in [0.25, 0.3) is 11.6 Å². The average Bonchev–Trinajstić information content (AvgIpc) is 3.34. The zero-order valence-electron chi connectivity index (χ0n) is 22.1. The second-order valence-electron chi connectivity index (χ2n) is 9.84. The number of halogens is 5. The smallest absolute Gasteiger partial charge is 0.381 e. The number of carbonyl (C=O) groups excluding carboxylic acids is 2. The van der Waals surface area contributed by atoms with Crippen LogP contribution in [0.15, 0.2) is 54.6 Å². The third-order valence-corrected chi connectivity index (χ3v) is 6.90. The van der Waals surface area contributed by atoms with Gasteiger partial charge in [-0.1, -0.05) is 6.07 Å². The molecular formula is C28H22F5N5O5. The molecule has 1 aromatic heterocycles. The van der Waals surface area contributed by atoms with Crippen LogP contribution in [0.5, 0.6) is 0 Å². The zero-order valence-corrected chi connectivity index (χ0v) is 22.1. The SMILES string of the molecule is O=C(Nc1n[nH]c2ccc(Cc3cc(F)cc(F)c3)cc12)c1ccc([N+](=O)[O-])cc1N(C(=O)C(F)(F)F)C1CCOCC1. The van der Waals surface area contributed by atoms with Crippen molar-refractivity contribution in [3.8, 4) is 0 Å². The maximum absolute atomic E-state index is 13.7. The molecule has 0 aliphatic carbocycles. The van der Waals surface area contributed by atoms with Crippen molar-refractivity contribution in [2.75, 3.05) is 23.4 Å². The van der Waals surface area contributed by atoms with E-state index in [0.717, 1.165) is 24.3 Å². The average molecular weight is 604 g/mol. The molecule has 3 aromatic carbocycles. The van der Waals surface area contributed by atoms with Gasteiger partial charge in [-0.05, 0) is 60.7 Å². The Morgan fingerprint density at radius 1 is 1.02 bits per heavy atom. The monoisotopic (exact) mass is 603 g/mol. The van der Waals surface area contributed by atoms with E-state index in [1.165, 1.54) is 12.1 Å². The summed E-state index contributed by atoms with van der Waals surface area (Å²) in [5.41, 5.74) is -0.227. The molecule has 0 saturated carbocycles. The summed E-state index contributed by atoms with van der Waals surface area (Å²) >= 11 is 0. The van der Waals surface area contributed by atoms with E-state index in [1.54, 1.807) is 18.2 Å². The van der Waals surface area contributed by atoms with Crippen molar-refractivity contribution >= 4 is 39.9 Å². The number of rotatable bonds is 7. The van der Waals surface area contributed by atoms with Crippen molar-refractivity contribution in [2.24, 2.45) is 0 Å². The minimum absolute atomic E-state index is 0.00750. The molecule has 1 saturated heterocycles. The van der Waals surface area contributed by atoms with Crippen LogP contribution in [-0.2, 0) is 16.0 Å². The highest BCUT2D eigenvalue weighted by atomic mass is 19.4. The fraction of sp³-hybridized carbons (Fsp3) is 0.250. The highest BCUT2D eigenvalue weighted by Gasteiger charge is 2.46. The number of fused-ring (bicyclic) bond motifs is 1. The van der Waals surface area contributed by atoms with Crippen LogP contribution in [0, 0.1) is 21.7 Å². The van der Waals surface area contributed by atoms with Gasteiger partial charge in [0.05, 0.1) is 21.7 Å². The molecule has 5 rings (SSSR count). The van der Waals surface area contributed by atoms with Gasteiger partial charge in [-0.25, -0.2) is 8.78 Å². The van der Waals surface area contributed by atoms with Crippen LogP contribution in [0.2, 0.25) is 0 Å². The summed E-state index contributed by atoms with van der Waals surface area (Å²) in [4.78, 5) is 37.2. The van der Waals surface area contributed by atoms with Gasteiger partial charge < -0.3 is 15.0 Å². The third-order valence-electron chi connectivity index (χ3n) is 6.90. The molecule has 1 aliphatic rings. The Bertz CT molecular complexity index is 1700. The molecule has 224 valence electrons. The fourth-order valence-corrected chi connectivity index (χ4v) is 4.97. The number of amides is 2. The summed E-state index contributed by atoms with van der Waals surface area (Å²) in [7, 11) is 0. The fourth-order valence-electron chi connectivity index (χ4n) is 4.97. The second-order valence-corrected chi connectivity index (χ2v) is 9.84. The van der Waals surface area contributed by atoms with Crippen LogP contribution in [0.1, 0.15) is 34.3 Å². The van der Waals surface area contributed by atoms with Crippen molar-refractivity contribution < 1.29 is 41.2 Å². The molecule has 0 radical (unpaired) electrons. The largest absolute Gasteiger partial charge is 0.471 e. The minimum Gasteiger partial charge on any atom is -0.381 e. The maximum Gasteiger partial charge on any atom is 0.471 e. The van der Waals surface area contributed by atoms with Crippen molar-refractivity contribution in [1.29, 1.82) is 0 Å². The van der Waals surface area contributed by atoms with Gasteiger partial charge in [0.1, 0.15) is 11.6 Å². The zero-order chi connectivity index (χ0) is 30.9. The number of aromatic amines is 1. The lowest BCUT2D eigenvalue weighted by atomic mass is 10.0. The van der Waals surface area contributed by atoms with Crippen molar-refractivity contribution in [2.45, 2.75) is 31.5 Å². The predicted octanol–water partition coefficient (Wildman–Crippen LogP) is 5.67. The lowest BCUT2D eigenvalue weighted by Gasteiger charge is -2.35. The molecule has 1 fully saturated rings. The number of hydrogen-bond donors (Lipinski definition) is 2. The molecule has 0 spiro atoms. The lowest BCUT2D eigenvalue weighted by Crippen LogP contribution is -2.50. The Labute approximate surface area is 239 Å². The maximum atomic E-state index is 13.7. The first-order valence-corrected chi connectivity index (χ1v) is 12.9. The number of non-ortho nitro benzene ring substituents is 1. The van der Waals surface area contributed by atoms with Crippen LogP contribution in [-0.4, -0.2) is 52.4 Å². The van der Waals surface area contributed by atoms with Gasteiger partial charge in [-0.3, -0.25) is 24.8 Å². The van der Waals surface area contributed by atoms with Crippen molar-refractivity contribution in [1.82, 2.24) is 10.2 Å². The summed E-state index contributed by atoms with van der Waals surface area (Å²) in [6.45, 7) is 0.0965. The van der Waals surface area contributed by atoms with E-state index in [1.807, 2.05) is 0 Å². The quantitative estimate of drug-likeness (QED) is 0.159. The molecule has 0 atom stereocenters. The number of anilines is 2. The molecule has 15 heteroatoms. The number of hydrogen-bond acceptors (Lipinski definition) is 6. The molecule has 2 amide bonds. The molecular weight excluding hydrogens is 581 g/mol. The topological polar surface area (TPSA) is 130 Å². The number of aromatic nitrogens is 2. The number of nitrogens with one attached hydrogen (secondary N) is 2. The number of benzene rings is 3. The molecule has 0 unspecified atom stereocenters. The number of nitro groups is 1. The Morgan fingerprint density at radius 3 is 2.37 bits per heavy atom. The van der Waals surface area contributed by atoms with Crippen LogP contribution >= 0.6 is 0 Å². The predicted molar refractivity (Wildman–Crippen MR) is 144 cm³/mol. The van der Waals surface area contributed by atoms with E-state index < -0.39 is 57.5 Å². The highest BCUT2D eigenvalue weighted by Crippen LogP contribution is 2.35. The number of alkyl halides is 3. The Balaban J connectivity index is 1.51. The molecule has 0 bridgehead atoms. The Hall–Kier alpha value is -4.92. The van der Waals surface area contributed by atoms with Gasteiger partial charge in [0.15, 0.2) is 5.82 Å². The third kappa shape index (κ3) is 6.45. The number of ether oxygens (including phenoxy) is 1. The summed E-state index contributed by atoms with van der Waals surface area (Å²) in [6.07, 6.45) is -5.19. The summed E-state index contributed by atoms with van der Waals surface area (Å²) in [5.74, 6) is -4.79. The first-order valence-electron chi connectivity index (χ1n) is 12.9. The van der Waals surface area contributed by atoms with Crippen LogP contribution in [0.25, 0.3) is 10.9 Å². The number of H-pyrrole nitrogens is 1. The van der Waals surface area contributed by atoms with E-state index in [-0.39, 0.29) is 38.3 Å². The number of nitrogens with zero attached hydrogens (tertiary/aromatic N) is 3. The van der Waals surface area contributed by atoms with Crippen molar-refractivity contribution in [3.63, 3.8) is 0 Å². The van der Waals surface area contributed by atoms with Gasteiger partial charge in [-0.15, -0.1) is 0 Å². The van der Waals surface area contributed by atoms with Gasteiger partial charge in [0, 0.05) is 42.8 Å². The Morgan fingerprint density at radius 2 is 1.72 bits per heavy atom. The number of nitro benzene ring substituents is 1. The molecule has 4 aromatic rings. The van der Waals surface area contributed by atoms with Gasteiger partial charge in [-0.2, -0.15) is 18.3 Å². The summed E-state index contributed by atoms with van der Waals surface area (Å²) in [5, 5.41) is 21.1. The molecule has 10 nitrogen and oxygen atoms in total. The standard InChI is InChI=1S/C28H22F5N5O5/c29-17-10-16(11-18(30)13-17)9-15-1-4-23-22(12-15)25(36-35-23)34-26(39)21-3-2-20(38(41)42)14-24(21)37(27(40)28(31,32)33)19-5-7-43-8-6-19/h1-4,10-14,19H,5-9H2,(H2,34,35,36,39). The molecule has 2 heterocycles. The van der Waals surface area contributed by atoms with E-state index in [9.17, 15) is 41.7 Å². The lowest BCUT2D eigenvalue weighted by molar-refractivity contribution is -0.384. The highest BCUT2D eigenvalue weighted by molar-refractivity contribution is 6.13. The first-order chi connectivity index (χ1) is 20.4. The summed E-state index contributed by atoms with van der Waals surface area (Å²) < 4.78 is 73.7. The van der Waals surface area contributed by atoms with Crippen molar-refractivity contribution in [3.05, 3.63) is 93.0 Å². The second kappa shape index (κ2) is 11.8. The molecule has 1 aliphatic heterocycles. The molecule has 43 heavy (non-hydrogen) atoms. The minimum atomic E-state index is -5.34. The van der Waals surface area contributed by atoms with E-state index >= 15 is 0 Å². The van der Waals surface area contributed by atoms with Crippen LogP contribution in [0.4, 0.5) is 39.1 Å². The van der Waals surface area contributed by atoms with Crippen LogP contribution in [0.3, 0.4) is 0 Å².